The second-order valence-electron chi connectivity index (χ2n) is 3.46. The fourth-order valence-corrected chi connectivity index (χ4v) is 2.15. The minimum absolute atomic E-state index is 0.297. The van der Waals surface area contributed by atoms with E-state index >= 15 is 0 Å². The van der Waals surface area contributed by atoms with Crippen LogP contribution in [0.1, 0.15) is 5.56 Å². The molecule has 1 aromatic carbocycles. The zero-order valence-electron chi connectivity index (χ0n) is 10.6. The van der Waals surface area contributed by atoms with Crippen molar-refractivity contribution >= 4 is 11.8 Å². The summed E-state index contributed by atoms with van der Waals surface area (Å²) < 4.78 is 9.93. The summed E-state index contributed by atoms with van der Waals surface area (Å²) in [6, 6.07) is 10.1. The molecule has 18 heavy (non-hydrogen) atoms. The van der Waals surface area contributed by atoms with Crippen molar-refractivity contribution in [3.05, 3.63) is 58.6 Å². The maximum Gasteiger partial charge on any atom is 0.198 e. The average molecular weight is 266 g/mol. The predicted octanol–water partition coefficient (Wildman–Crippen LogP) is 2.14. The summed E-state index contributed by atoms with van der Waals surface area (Å²) in [6.45, 7) is 0. The second kappa shape index (κ2) is 7.55. The average Bonchev–Trinajstić information content (AvgIpc) is 2.43. The molecule has 0 aliphatic carbocycles. The van der Waals surface area contributed by atoms with E-state index in [0.29, 0.717) is 11.8 Å². The van der Waals surface area contributed by atoms with E-state index in [1.807, 2.05) is 18.2 Å². The SMILES string of the molecule is CO/C(N)=C(/C=C(\N)OC)SCc1ccccc1. The number of nitrogens with two attached hydrogens (primary N) is 2. The molecule has 0 aliphatic heterocycles. The molecule has 0 spiro atoms. The van der Waals surface area contributed by atoms with Crippen molar-refractivity contribution in [2.45, 2.75) is 5.75 Å². The summed E-state index contributed by atoms with van der Waals surface area (Å²) in [5.41, 5.74) is 12.6. The van der Waals surface area contributed by atoms with Gasteiger partial charge < -0.3 is 20.9 Å². The van der Waals surface area contributed by atoms with Crippen LogP contribution >= 0.6 is 11.8 Å². The van der Waals surface area contributed by atoms with Gasteiger partial charge in [-0.15, -0.1) is 11.8 Å². The molecule has 0 aromatic heterocycles. The van der Waals surface area contributed by atoms with Crippen LogP contribution in [-0.4, -0.2) is 14.2 Å². The number of rotatable bonds is 6. The van der Waals surface area contributed by atoms with Crippen molar-refractivity contribution in [3.8, 4) is 0 Å². The number of thioether (sulfide) groups is 1. The molecule has 0 aliphatic rings. The van der Waals surface area contributed by atoms with Gasteiger partial charge in [-0.1, -0.05) is 30.3 Å². The quantitative estimate of drug-likeness (QED) is 0.610. The molecule has 0 saturated carbocycles. The van der Waals surface area contributed by atoms with Crippen molar-refractivity contribution in [3.63, 3.8) is 0 Å². The Morgan fingerprint density at radius 1 is 1.17 bits per heavy atom. The zero-order chi connectivity index (χ0) is 13.4. The molecule has 0 amide bonds. The third kappa shape index (κ3) is 4.63. The molecular formula is C13H18N2O2S. The topological polar surface area (TPSA) is 70.5 Å². The highest BCUT2D eigenvalue weighted by atomic mass is 32.2. The van der Waals surface area contributed by atoms with E-state index in [2.05, 4.69) is 12.1 Å². The largest absolute Gasteiger partial charge is 0.483 e. The summed E-state index contributed by atoms with van der Waals surface area (Å²) in [5.74, 6) is 1.41. The van der Waals surface area contributed by atoms with Gasteiger partial charge in [0.1, 0.15) is 0 Å². The third-order valence-corrected chi connectivity index (χ3v) is 3.32. The van der Waals surface area contributed by atoms with Gasteiger partial charge in [-0.2, -0.15) is 0 Å². The molecule has 1 rings (SSSR count). The van der Waals surface area contributed by atoms with E-state index in [9.17, 15) is 0 Å². The molecule has 0 atom stereocenters. The Balaban J connectivity index is 2.75. The number of allylic oxidation sites excluding steroid dienone is 1. The first-order chi connectivity index (χ1) is 8.67. The fraction of sp³-hybridized carbons (Fsp3) is 0.231. The number of methoxy groups -OCH3 is 2. The molecule has 0 heterocycles. The van der Waals surface area contributed by atoms with Gasteiger partial charge in [-0.25, -0.2) is 0 Å². The summed E-state index contributed by atoms with van der Waals surface area (Å²) in [6.07, 6.45) is 1.66. The lowest BCUT2D eigenvalue weighted by Gasteiger charge is -2.08. The van der Waals surface area contributed by atoms with E-state index in [-0.39, 0.29) is 0 Å². The summed E-state index contributed by atoms with van der Waals surface area (Å²) in [4.78, 5) is 0.751. The molecule has 0 radical (unpaired) electrons. The Hall–Kier alpha value is -1.75. The van der Waals surface area contributed by atoms with Crippen molar-refractivity contribution < 1.29 is 9.47 Å². The van der Waals surface area contributed by atoms with Gasteiger partial charge in [0.25, 0.3) is 0 Å². The van der Waals surface area contributed by atoms with E-state index < -0.39 is 0 Å². The minimum Gasteiger partial charge on any atom is -0.483 e. The first kappa shape index (κ1) is 14.3. The maximum absolute atomic E-state index is 5.77. The molecule has 5 heteroatoms. The minimum atomic E-state index is 0.297. The van der Waals surface area contributed by atoms with E-state index in [4.69, 9.17) is 20.9 Å². The van der Waals surface area contributed by atoms with Gasteiger partial charge in [-0.05, 0) is 5.56 Å². The van der Waals surface area contributed by atoms with Gasteiger partial charge in [-0.3, -0.25) is 0 Å². The molecule has 0 saturated heterocycles. The van der Waals surface area contributed by atoms with Crippen molar-refractivity contribution in [2.75, 3.05) is 14.2 Å². The third-order valence-electron chi connectivity index (χ3n) is 2.21. The number of ether oxygens (including phenoxy) is 2. The first-order valence-electron chi connectivity index (χ1n) is 5.39. The molecule has 4 N–H and O–H groups in total. The Morgan fingerprint density at radius 2 is 1.83 bits per heavy atom. The molecule has 0 bridgehead atoms. The Morgan fingerprint density at radius 3 is 2.39 bits per heavy atom. The Bertz CT molecular complexity index is 430. The highest BCUT2D eigenvalue weighted by Gasteiger charge is 2.05. The Labute approximate surface area is 112 Å². The Kier molecular flexibility index (Phi) is 6.00. The highest BCUT2D eigenvalue weighted by molar-refractivity contribution is 8.02. The van der Waals surface area contributed by atoms with Crippen LogP contribution in [0.2, 0.25) is 0 Å². The van der Waals surface area contributed by atoms with Crippen LogP contribution in [-0.2, 0) is 15.2 Å². The molecule has 4 nitrogen and oxygen atoms in total. The number of benzene rings is 1. The lowest BCUT2D eigenvalue weighted by molar-refractivity contribution is 0.280. The normalized spacial score (nSPS) is 12.9. The molecule has 98 valence electrons. The smallest absolute Gasteiger partial charge is 0.198 e. The van der Waals surface area contributed by atoms with Crippen molar-refractivity contribution in [1.82, 2.24) is 0 Å². The van der Waals surface area contributed by atoms with E-state index in [0.717, 1.165) is 10.7 Å². The van der Waals surface area contributed by atoms with Gasteiger partial charge in [0.05, 0.1) is 19.1 Å². The highest BCUT2D eigenvalue weighted by Crippen LogP contribution is 2.24. The van der Waals surface area contributed by atoms with Gasteiger partial charge in [0.15, 0.2) is 11.8 Å². The summed E-state index contributed by atoms with van der Waals surface area (Å²) >= 11 is 1.54. The van der Waals surface area contributed by atoms with Crippen molar-refractivity contribution in [1.29, 1.82) is 0 Å². The summed E-state index contributed by atoms with van der Waals surface area (Å²) in [7, 11) is 3.03. The van der Waals surface area contributed by atoms with E-state index in [1.54, 1.807) is 17.8 Å². The lowest BCUT2D eigenvalue weighted by atomic mass is 10.2. The van der Waals surface area contributed by atoms with Crippen LogP contribution in [0.4, 0.5) is 0 Å². The van der Waals surface area contributed by atoms with Gasteiger partial charge >= 0.3 is 0 Å². The fourth-order valence-electron chi connectivity index (χ4n) is 1.21. The van der Waals surface area contributed by atoms with E-state index in [1.165, 1.54) is 19.8 Å². The maximum atomic E-state index is 5.77. The number of hydrogen-bond acceptors (Lipinski definition) is 5. The van der Waals surface area contributed by atoms with Crippen LogP contribution in [0.15, 0.2) is 53.1 Å². The molecule has 0 fully saturated rings. The molecule has 0 unspecified atom stereocenters. The lowest BCUT2D eigenvalue weighted by Crippen LogP contribution is -2.05. The summed E-state index contributed by atoms with van der Waals surface area (Å²) in [5, 5.41) is 0. The number of hydrogen-bond donors (Lipinski definition) is 2. The first-order valence-corrected chi connectivity index (χ1v) is 6.37. The van der Waals surface area contributed by atoms with Crippen molar-refractivity contribution in [2.24, 2.45) is 11.5 Å². The van der Waals surface area contributed by atoms with Crippen LogP contribution in [0.25, 0.3) is 0 Å². The zero-order valence-corrected chi connectivity index (χ0v) is 11.4. The predicted molar refractivity (Wildman–Crippen MR) is 75.2 cm³/mol. The van der Waals surface area contributed by atoms with Crippen LogP contribution < -0.4 is 11.5 Å². The van der Waals surface area contributed by atoms with Gasteiger partial charge in [0.2, 0.25) is 0 Å². The van der Waals surface area contributed by atoms with Gasteiger partial charge in [0, 0.05) is 11.8 Å². The van der Waals surface area contributed by atoms with Crippen LogP contribution in [0.5, 0.6) is 0 Å². The monoisotopic (exact) mass is 266 g/mol. The van der Waals surface area contributed by atoms with Crippen LogP contribution in [0.3, 0.4) is 0 Å². The standard InChI is InChI=1S/C13H18N2O2S/c1-16-12(14)8-11(13(15)17-2)18-9-10-6-4-3-5-7-10/h3-8H,9,14-15H2,1-2H3/b12-8+,13-11-. The molecular weight excluding hydrogens is 248 g/mol. The second-order valence-corrected chi connectivity index (χ2v) is 4.47. The van der Waals surface area contributed by atoms with Crippen LogP contribution in [0, 0.1) is 0 Å². The molecule has 1 aromatic rings.